The van der Waals surface area contributed by atoms with Gasteiger partial charge in [-0.3, -0.25) is 4.79 Å². The summed E-state index contributed by atoms with van der Waals surface area (Å²) in [7, 11) is 1.57. The maximum atomic E-state index is 11.9. The van der Waals surface area contributed by atoms with E-state index in [4.69, 9.17) is 15.2 Å². The highest BCUT2D eigenvalue weighted by atomic mass is 16.5. The minimum Gasteiger partial charge on any atom is -0.378 e. The topological polar surface area (TPSA) is 73.6 Å². The molecule has 0 radical (unpaired) electrons. The zero-order valence-corrected chi connectivity index (χ0v) is 13.1. The van der Waals surface area contributed by atoms with Crippen LogP contribution < -0.4 is 11.1 Å². The lowest BCUT2D eigenvalue weighted by molar-refractivity contribution is -0.141. The number of methoxy groups -OCH3 is 1. The van der Waals surface area contributed by atoms with Gasteiger partial charge in [0.2, 0.25) is 0 Å². The average molecular weight is 286 g/mol. The number of carbonyl (C=O) groups excluding carboxylic acids is 1. The molecular formula is C15H30N2O3. The van der Waals surface area contributed by atoms with Gasteiger partial charge in [-0.1, -0.05) is 6.92 Å². The number of rotatable bonds is 8. The smallest absolute Gasteiger partial charge is 0.251 e. The zero-order chi connectivity index (χ0) is 15.0. The first-order valence-electron chi connectivity index (χ1n) is 7.72. The van der Waals surface area contributed by atoms with Crippen LogP contribution in [0.1, 0.15) is 52.4 Å². The molecule has 5 nitrogen and oxygen atoms in total. The molecule has 20 heavy (non-hydrogen) atoms. The van der Waals surface area contributed by atoms with Crippen molar-refractivity contribution in [3.8, 4) is 0 Å². The lowest BCUT2D eigenvalue weighted by Crippen LogP contribution is -2.46. The normalized spacial score (nSPS) is 26.0. The van der Waals surface area contributed by atoms with E-state index >= 15 is 0 Å². The third kappa shape index (κ3) is 5.38. The Balaban J connectivity index is 2.09. The van der Waals surface area contributed by atoms with E-state index in [1.54, 1.807) is 7.11 Å². The lowest BCUT2D eigenvalue weighted by Gasteiger charge is -2.26. The van der Waals surface area contributed by atoms with Gasteiger partial charge in [-0.15, -0.1) is 0 Å². The van der Waals surface area contributed by atoms with Gasteiger partial charge >= 0.3 is 0 Å². The highest BCUT2D eigenvalue weighted by Crippen LogP contribution is 2.19. The third-order valence-corrected chi connectivity index (χ3v) is 4.28. The van der Waals surface area contributed by atoms with Crippen molar-refractivity contribution in [2.75, 3.05) is 20.3 Å². The van der Waals surface area contributed by atoms with E-state index in [2.05, 4.69) is 5.32 Å². The summed E-state index contributed by atoms with van der Waals surface area (Å²) in [5, 5.41) is 2.91. The molecule has 1 unspecified atom stereocenters. The predicted octanol–water partition coefficient (Wildman–Crippen LogP) is 1.59. The summed E-state index contributed by atoms with van der Waals surface area (Å²) in [6, 6.07) is 0.356. The lowest BCUT2D eigenvalue weighted by atomic mass is 9.94. The fourth-order valence-corrected chi connectivity index (χ4v) is 2.36. The Morgan fingerprint density at radius 2 is 2.00 bits per heavy atom. The fourth-order valence-electron chi connectivity index (χ4n) is 2.36. The van der Waals surface area contributed by atoms with E-state index in [9.17, 15) is 4.79 Å². The molecule has 0 spiro atoms. The van der Waals surface area contributed by atoms with Crippen LogP contribution in [0.15, 0.2) is 0 Å². The predicted molar refractivity (Wildman–Crippen MR) is 79.5 cm³/mol. The molecule has 3 N–H and O–H groups in total. The summed E-state index contributed by atoms with van der Waals surface area (Å²) in [5.41, 5.74) is 5.14. The Bertz CT molecular complexity index is 285. The van der Waals surface area contributed by atoms with Gasteiger partial charge in [-0.25, -0.2) is 0 Å². The van der Waals surface area contributed by atoms with Gasteiger partial charge < -0.3 is 20.5 Å². The largest absolute Gasteiger partial charge is 0.378 e. The number of hydrogen-bond donors (Lipinski definition) is 2. The summed E-state index contributed by atoms with van der Waals surface area (Å²) >= 11 is 0. The van der Waals surface area contributed by atoms with Crippen molar-refractivity contribution in [2.45, 2.75) is 70.1 Å². The van der Waals surface area contributed by atoms with Crippen LogP contribution in [0.2, 0.25) is 0 Å². The van der Waals surface area contributed by atoms with Crippen molar-refractivity contribution in [3.05, 3.63) is 0 Å². The van der Waals surface area contributed by atoms with Crippen LogP contribution in [0, 0.1) is 0 Å². The van der Waals surface area contributed by atoms with Crippen LogP contribution in [-0.2, 0) is 14.3 Å². The molecule has 0 saturated heterocycles. The second-order valence-corrected chi connectivity index (χ2v) is 5.81. The van der Waals surface area contributed by atoms with Crippen molar-refractivity contribution < 1.29 is 14.3 Å². The highest BCUT2D eigenvalue weighted by molar-refractivity contribution is 5.84. The quantitative estimate of drug-likeness (QED) is 0.665. The maximum absolute atomic E-state index is 11.9. The molecule has 0 aromatic carbocycles. The Morgan fingerprint density at radius 1 is 1.35 bits per heavy atom. The zero-order valence-electron chi connectivity index (χ0n) is 13.1. The van der Waals surface area contributed by atoms with Crippen molar-refractivity contribution in [2.24, 2.45) is 5.73 Å². The molecular weight excluding hydrogens is 256 g/mol. The first-order chi connectivity index (χ1) is 9.51. The molecule has 1 aliphatic rings. The van der Waals surface area contributed by atoms with Crippen molar-refractivity contribution in [1.82, 2.24) is 5.32 Å². The summed E-state index contributed by atoms with van der Waals surface area (Å²) in [6.07, 6.45) is 6.08. The molecule has 1 atom stereocenters. The van der Waals surface area contributed by atoms with Gasteiger partial charge in [-0.2, -0.15) is 0 Å². The monoisotopic (exact) mass is 286 g/mol. The van der Waals surface area contributed by atoms with E-state index in [0.717, 1.165) is 32.1 Å². The number of hydrogen-bond acceptors (Lipinski definition) is 4. The van der Waals surface area contributed by atoms with Crippen LogP contribution in [0.4, 0.5) is 0 Å². The summed E-state index contributed by atoms with van der Waals surface area (Å²) < 4.78 is 11.1. The molecule has 1 amide bonds. The Hall–Kier alpha value is -0.650. The molecule has 5 heteroatoms. The van der Waals surface area contributed by atoms with Crippen molar-refractivity contribution >= 4 is 5.91 Å². The number of amides is 1. The minimum absolute atomic E-state index is 0.0499. The number of nitrogens with one attached hydrogen (secondary N) is 1. The van der Waals surface area contributed by atoms with E-state index < -0.39 is 5.60 Å². The second-order valence-electron chi connectivity index (χ2n) is 5.81. The standard InChI is InChI=1S/C15H30N2O3/c1-4-15(2,19-3)14(18)17-10-5-11-20-13-8-6-12(16)7-9-13/h12-13H,4-11,16H2,1-3H3,(H,17,18). The van der Waals surface area contributed by atoms with Crippen molar-refractivity contribution in [3.63, 3.8) is 0 Å². The fraction of sp³-hybridized carbons (Fsp3) is 0.933. The second kappa shape index (κ2) is 8.60. The van der Waals surface area contributed by atoms with Gasteiger partial charge in [0.05, 0.1) is 6.10 Å². The summed E-state index contributed by atoms with van der Waals surface area (Å²) in [5.74, 6) is -0.0499. The van der Waals surface area contributed by atoms with E-state index in [1.807, 2.05) is 13.8 Å². The first kappa shape index (κ1) is 17.4. The van der Waals surface area contributed by atoms with E-state index in [1.165, 1.54) is 0 Å². The SMILES string of the molecule is CCC(C)(OC)C(=O)NCCCOC1CCC(N)CC1. The summed E-state index contributed by atoms with van der Waals surface area (Å²) in [6.45, 7) is 5.07. The molecule has 0 aromatic heterocycles. The third-order valence-electron chi connectivity index (χ3n) is 4.28. The first-order valence-corrected chi connectivity index (χ1v) is 7.72. The van der Waals surface area contributed by atoms with Crippen LogP contribution in [0.3, 0.4) is 0 Å². The molecule has 1 fully saturated rings. The van der Waals surface area contributed by atoms with Gasteiger partial charge in [0.1, 0.15) is 5.60 Å². The van der Waals surface area contributed by atoms with Crippen LogP contribution in [-0.4, -0.2) is 43.9 Å². The highest BCUT2D eigenvalue weighted by Gasteiger charge is 2.30. The van der Waals surface area contributed by atoms with Gasteiger partial charge in [0, 0.05) is 26.3 Å². The van der Waals surface area contributed by atoms with Crippen LogP contribution >= 0.6 is 0 Å². The van der Waals surface area contributed by atoms with Gasteiger partial charge in [0.25, 0.3) is 5.91 Å². The number of nitrogens with two attached hydrogens (primary N) is 1. The maximum Gasteiger partial charge on any atom is 0.251 e. The molecule has 0 heterocycles. The molecule has 0 aliphatic heterocycles. The average Bonchev–Trinajstić information content (AvgIpc) is 2.47. The minimum atomic E-state index is -0.722. The van der Waals surface area contributed by atoms with Crippen LogP contribution in [0.25, 0.3) is 0 Å². The van der Waals surface area contributed by atoms with E-state index in [0.29, 0.717) is 31.7 Å². The molecule has 1 rings (SSSR count). The molecule has 1 aliphatic carbocycles. The number of ether oxygens (including phenoxy) is 2. The van der Waals surface area contributed by atoms with Crippen molar-refractivity contribution in [1.29, 1.82) is 0 Å². The molecule has 0 aromatic rings. The molecule has 0 bridgehead atoms. The number of carbonyl (C=O) groups is 1. The van der Waals surface area contributed by atoms with Gasteiger partial charge in [0.15, 0.2) is 0 Å². The Kier molecular flexibility index (Phi) is 7.48. The Labute approximate surface area is 122 Å². The van der Waals surface area contributed by atoms with E-state index in [-0.39, 0.29) is 5.91 Å². The molecule has 1 saturated carbocycles. The Morgan fingerprint density at radius 3 is 2.55 bits per heavy atom. The van der Waals surface area contributed by atoms with Gasteiger partial charge in [-0.05, 0) is 45.4 Å². The summed E-state index contributed by atoms with van der Waals surface area (Å²) in [4.78, 5) is 11.9. The van der Waals surface area contributed by atoms with Crippen LogP contribution in [0.5, 0.6) is 0 Å². The molecule has 118 valence electrons.